The van der Waals surface area contributed by atoms with E-state index in [1.165, 1.54) is 16.7 Å². The Morgan fingerprint density at radius 3 is 2.32 bits per heavy atom. The van der Waals surface area contributed by atoms with E-state index in [2.05, 4.69) is 0 Å². The number of alkyl halides is 3. The summed E-state index contributed by atoms with van der Waals surface area (Å²) in [4.78, 5) is 25.4. The first-order valence-corrected chi connectivity index (χ1v) is 9.71. The van der Waals surface area contributed by atoms with Crippen molar-refractivity contribution in [2.45, 2.75) is 39.5 Å². The highest BCUT2D eigenvalue weighted by atomic mass is 35.5. The Kier molecular flexibility index (Phi) is 6.04. The molecule has 0 aliphatic heterocycles. The lowest BCUT2D eigenvalue weighted by molar-refractivity contribution is -0.146. The number of aromatic hydroxyl groups is 1. The van der Waals surface area contributed by atoms with Gasteiger partial charge in [-0.25, -0.2) is 0 Å². The Labute approximate surface area is 181 Å². The summed E-state index contributed by atoms with van der Waals surface area (Å²) in [6, 6.07) is 6.55. The average Bonchev–Trinajstić information content (AvgIpc) is 2.91. The van der Waals surface area contributed by atoms with Crippen LogP contribution in [0.3, 0.4) is 0 Å². The van der Waals surface area contributed by atoms with Crippen molar-refractivity contribution in [3.8, 4) is 5.75 Å². The van der Waals surface area contributed by atoms with Crippen molar-refractivity contribution in [2.24, 2.45) is 0 Å². The van der Waals surface area contributed by atoms with E-state index in [4.69, 9.17) is 16.3 Å². The van der Waals surface area contributed by atoms with Gasteiger partial charge in [0.1, 0.15) is 5.75 Å². The van der Waals surface area contributed by atoms with E-state index in [0.717, 1.165) is 24.3 Å². The number of fused-ring (bicyclic) bond motifs is 1. The number of hydrogen-bond acceptors (Lipinski definition) is 4. The molecule has 0 atom stereocenters. The summed E-state index contributed by atoms with van der Waals surface area (Å²) >= 11 is 6.03. The molecule has 2 aromatic carbocycles. The minimum atomic E-state index is -4.52. The van der Waals surface area contributed by atoms with E-state index >= 15 is 0 Å². The minimum Gasteiger partial charge on any atom is -0.506 e. The third-order valence-corrected chi connectivity index (χ3v) is 5.06. The van der Waals surface area contributed by atoms with E-state index in [-0.39, 0.29) is 28.9 Å². The molecular weight excluding hydrogens is 435 g/mol. The molecule has 3 aromatic rings. The Hall–Kier alpha value is -3.00. The van der Waals surface area contributed by atoms with Crippen molar-refractivity contribution >= 4 is 34.4 Å². The van der Waals surface area contributed by atoms with E-state index in [0.29, 0.717) is 22.2 Å². The Balaban J connectivity index is 2.13. The molecule has 5 nitrogen and oxygen atoms in total. The highest BCUT2D eigenvalue weighted by Gasteiger charge is 2.30. The number of phenols is 1. The standard InChI is InChI=1S/C22H19ClF3NO4/c1-11(2)31-20(29)9-15-12(3)27(18-10-17(23)19(28)8-16(15)18)21(30)13-4-6-14(7-5-13)22(24,25)26/h4-8,10-11,28H,9H2,1-3H3. The van der Waals surface area contributed by atoms with Crippen LogP contribution in [0.25, 0.3) is 10.9 Å². The van der Waals surface area contributed by atoms with Gasteiger partial charge in [-0.05, 0) is 62.7 Å². The maximum absolute atomic E-state index is 13.2. The number of carbonyl (C=O) groups is 2. The highest BCUT2D eigenvalue weighted by molar-refractivity contribution is 6.33. The Morgan fingerprint density at radius 2 is 1.77 bits per heavy atom. The van der Waals surface area contributed by atoms with Gasteiger partial charge < -0.3 is 9.84 Å². The molecule has 0 fully saturated rings. The summed E-state index contributed by atoms with van der Waals surface area (Å²) in [7, 11) is 0. The van der Waals surface area contributed by atoms with Crippen LogP contribution in [-0.2, 0) is 22.1 Å². The molecular formula is C22H19ClF3NO4. The largest absolute Gasteiger partial charge is 0.506 e. The van der Waals surface area contributed by atoms with Gasteiger partial charge in [-0.3, -0.25) is 14.2 Å². The van der Waals surface area contributed by atoms with Crippen LogP contribution in [0.2, 0.25) is 5.02 Å². The second-order valence-electron chi connectivity index (χ2n) is 7.32. The quantitative estimate of drug-likeness (QED) is 0.529. The van der Waals surface area contributed by atoms with Crippen LogP contribution in [0, 0.1) is 6.92 Å². The lowest BCUT2D eigenvalue weighted by Gasteiger charge is -2.10. The molecule has 0 radical (unpaired) electrons. The number of esters is 1. The number of phenolic OH excluding ortho intramolecular Hbond substituents is 1. The molecule has 0 aliphatic carbocycles. The predicted octanol–water partition coefficient (Wildman–Crippen LogP) is 5.51. The van der Waals surface area contributed by atoms with Gasteiger partial charge in [-0.1, -0.05) is 11.6 Å². The van der Waals surface area contributed by atoms with Crippen molar-refractivity contribution in [1.29, 1.82) is 0 Å². The third kappa shape index (κ3) is 4.54. The van der Waals surface area contributed by atoms with E-state index in [9.17, 15) is 27.9 Å². The Morgan fingerprint density at radius 1 is 1.16 bits per heavy atom. The average molecular weight is 454 g/mol. The number of carbonyl (C=O) groups excluding carboxylic acids is 2. The SMILES string of the molecule is Cc1c(CC(=O)OC(C)C)c2cc(O)c(Cl)cc2n1C(=O)c1ccc(C(F)(F)F)cc1. The van der Waals surface area contributed by atoms with Gasteiger partial charge in [0.05, 0.1) is 28.6 Å². The number of ether oxygens (including phenoxy) is 1. The van der Waals surface area contributed by atoms with Crippen molar-refractivity contribution in [3.05, 3.63) is 63.8 Å². The molecule has 3 rings (SSSR count). The fourth-order valence-corrected chi connectivity index (χ4v) is 3.51. The fourth-order valence-electron chi connectivity index (χ4n) is 3.35. The van der Waals surface area contributed by atoms with Gasteiger partial charge in [-0.15, -0.1) is 0 Å². The first kappa shape index (κ1) is 22.7. The number of hydrogen-bond donors (Lipinski definition) is 1. The molecule has 9 heteroatoms. The summed E-state index contributed by atoms with van der Waals surface area (Å²) in [5.74, 6) is -1.35. The fraction of sp³-hybridized carbons (Fsp3) is 0.273. The second kappa shape index (κ2) is 8.26. The van der Waals surface area contributed by atoms with E-state index in [1.807, 2.05) is 0 Å². The van der Waals surface area contributed by atoms with Gasteiger partial charge in [-0.2, -0.15) is 13.2 Å². The molecule has 164 valence electrons. The van der Waals surface area contributed by atoms with Crippen LogP contribution >= 0.6 is 11.6 Å². The maximum Gasteiger partial charge on any atom is 0.416 e. The van der Waals surface area contributed by atoms with Crippen LogP contribution in [-0.4, -0.2) is 27.7 Å². The summed E-state index contributed by atoms with van der Waals surface area (Å²) in [5.41, 5.74) is 0.310. The highest BCUT2D eigenvalue weighted by Crippen LogP contribution is 2.35. The zero-order valence-corrected chi connectivity index (χ0v) is 17.6. The van der Waals surface area contributed by atoms with Crippen molar-refractivity contribution in [2.75, 3.05) is 0 Å². The van der Waals surface area contributed by atoms with Crippen molar-refractivity contribution < 1.29 is 32.6 Å². The molecule has 0 bridgehead atoms. The molecule has 31 heavy (non-hydrogen) atoms. The molecule has 0 spiro atoms. The third-order valence-electron chi connectivity index (χ3n) is 4.75. The summed E-state index contributed by atoms with van der Waals surface area (Å²) in [6.07, 6.45) is -5.01. The molecule has 1 heterocycles. The topological polar surface area (TPSA) is 68.5 Å². The molecule has 0 saturated heterocycles. The van der Waals surface area contributed by atoms with Gasteiger partial charge >= 0.3 is 12.1 Å². The molecule has 1 aromatic heterocycles. The van der Waals surface area contributed by atoms with Crippen LogP contribution in [0.15, 0.2) is 36.4 Å². The molecule has 1 N–H and O–H groups in total. The number of benzene rings is 2. The summed E-state index contributed by atoms with van der Waals surface area (Å²) in [6.45, 7) is 5.01. The molecule has 0 saturated carbocycles. The summed E-state index contributed by atoms with van der Waals surface area (Å²) in [5, 5.41) is 10.4. The van der Waals surface area contributed by atoms with Crippen LogP contribution < -0.4 is 0 Å². The number of nitrogens with zero attached hydrogens (tertiary/aromatic N) is 1. The van der Waals surface area contributed by atoms with E-state index in [1.54, 1.807) is 20.8 Å². The van der Waals surface area contributed by atoms with Gasteiger partial charge in [0.2, 0.25) is 0 Å². The molecule has 0 aliphatic rings. The predicted molar refractivity (Wildman–Crippen MR) is 109 cm³/mol. The zero-order valence-electron chi connectivity index (χ0n) is 16.9. The van der Waals surface area contributed by atoms with Gasteiger partial charge in [0.15, 0.2) is 0 Å². The van der Waals surface area contributed by atoms with Gasteiger partial charge in [0.25, 0.3) is 5.91 Å². The van der Waals surface area contributed by atoms with Crippen molar-refractivity contribution in [1.82, 2.24) is 4.57 Å². The molecule has 0 unspecified atom stereocenters. The second-order valence-corrected chi connectivity index (χ2v) is 7.72. The van der Waals surface area contributed by atoms with Crippen LogP contribution in [0.4, 0.5) is 13.2 Å². The van der Waals surface area contributed by atoms with Gasteiger partial charge in [0, 0.05) is 16.6 Å². The number of halogens is 4. The lowest BCUT2D eigenvalue weighted by atomic mass is 10.1. The van der Waals surface area contributed by atoms with E-state index < -0.39 is 23.6 Å². The Bertz CT molecular complexity index is 1160. The van der Waals surface area contributed by atoms with Crippen LogP contribution in [0.1, 0.15) is 41.0 Å². The van der Waals surface area contributed by atoms with Crippen molar-refractivity contribution in [3.63, 3.8) is 0 Å². The van der Waals surface area contributed by atoms with Crippen LogP contribution in [0.5, 0.6) is 5.75 Å². The molecule has 0 amide bonds. The normalized spacial score (nSPS) is 11.9. The number of rotatable bonds is 4. The first-order valence-electron chi connectivity index (χ1n) is 9.34. The number of aromatic nitrogens is 1. The minimum absolute atomic E-state index is 0.0113. The maximum atomic E-state index is 13.2. The monoisotopic (exact) mass is 453 g/mol. The first-order chi connectivity index (χ1) is 14.4. The summed E-state index contributed by atoms with van der Waals surface area (Å²) < 4.78 is 45.0. The lowest BCUT2D eigenvalue weighted by Crippen LogP contribution is -2.16. The smallest absolute Gasteiger partial charge is 0.416 e. The zero-order chi connectivity index (χ0) is 23.1.